The van der Waals surface area contributed by atoms with Crippen LogP contribution in [0.5, 0.6) is 0 Å². The van der Waals surface area contributed by atoms with E-state index in [1.165, 1.54) is 4.52 Å². The summed E-state index contributed by atoms with van der Waals surface area (Å²) in [6.07, 6.45) is 2.90. The summed E-state index contributed by atoms with van der Waals surface area (Å²) in [5.41, 5.74) is 2.19. The van der Waals surface area contributed by atoms with Crippen molar-refractivity contribution in [2.45, 2.75) is 38.7 Å². The van der Waals surface area contributed by atoms with Gasteiger partial charge in [0.15, 0.2) is 5.65 Å². The Balaban J connectivity index is 1.60. The standard InChI is InChI=1S/C18H22ClFN6O2/c1-3-28-11(2)25-9-12(8-21-25)13-4-5-16-23-18(24-26(16)17(13)19)22-15-6-7-27-10-14(15)20/h4-5,8-9,11,14-15H,3,6-7,10H2,1-2H3,(H,22,24)/t11?,14-,15+/m1/s1. The van der Waals surface area contributed by atoms with E-state index >= 15 is 0 Å². The van der Waals surface area contributed by atoms with Crippen molar-refractivity contribution < 1.29 is 13.9 Å². The lowest BCUT2D eigenvalue weighted by Gasteiger charge is -2.26. The number of fused-ring (bicyclic) bond motifs is 1. The zero-order chi connectivity index (χ0) is 19.7. The van der Waals surface area contributed by atoms with Gasteiger partial charge in [0, 0.05) is 30.5 Å². The molecular formula is C18H22ClFN6O2. The van der Waals surface area contributed by atoms with Gasteiger partial charge in [0.1, 0.15) is 17.6 Å². The molecule has 28 heavy (non-hydrogen) atoms. The first kappa shape index (κ1) is 19.1. The normalized spacial score (nSPS) is 21.1. The van der Waals surface area contributed by atoms with Crippen molar-refractivity contribution in [3.63, 3.8) is 0 Å². The van der Waals surface area contributed by atoms with Crippen molar-refractivity contribution in [1.82, 2.24) is 24.4 Å². The molecule has 3 aromatic heterocycles. The third-order valence-electron chi connectivity index (χ3n) is 4.73. The molecule has 0 aromatic carbocycles. The van der Waals surface area contributed by atoms with Gasteiger partial charge >= 0.3 is 0 Å². The molecule has 10 heteroatoms. The topological polar surface area (TPSA) is 78.5 Å². The van der Waals surface area contributed by atoms with Gasteiger partial charge in [0.2, 0.25) is 5.95 Å². The first-order valence-electron chi connectivity index (χ1n) is 9.26. The number of aromatic nitrogens is 5. The van der Waals surface area contributed by atoms with E-state index in [4.69, 9.17) is 21.1 Å². The highest BCUT2D eigenvalue weighted by atomic mass is 35.5. The van der Waals surface area contributed by atoms with Crippen LogP contribution in [0.2, 0.25) is 5.15 Å². The van der Waals surface area contributed by atoms with E-state index in [1.54, 1.807) is 10.9 Å². The van der Waals surface area contributed by atoms with Crippen molar-refractivity contribution >= 4 is 23.2 Å². The molecule has 3 atom stereocenters. The summed E-state index contributed by atoms with van der Waals surface area (Å²) in [7, 11) is 0. The second-order valence-electron chi connectivity index (χ2n) is 6.64. The summed E-state index contributed by atoms with van der Waals surface area (Å²) in [5.74, 6) is 0.342. The zero-order valence-electron chi connectivity index (χ0n) is 15.7. The average molecular weight is 409 g/mol. The fourth-order valence-electron chi connectivity index (χ4n) is 3.22. The van der Waals surface area contributed by atoms with Crippen molar-refractivity contribution in [2.75, 3.05) is 25.1 Å². The predicted octanol–water partition coefficient (Wildman–Crippen LogP) is 3.34. The number of alkyl halides is 1. The molecule has 3 aromatic rings. The maximum atomic E-state index is 14.0. The first-order chi connectivity index (χ1) is 13.6. The van der Waals surface area contributed by atoms with E-state index in [9.17, 15) is 4.39 Å². The van der Waals surface area contributed by atoms with E-state index < -0.39 is 6.17 Å². The zero-order valence-corrected chi connectivity index (χ0v) is 16.4. The molecule has 0 saturated carbocycles. The van der Waals surface area contributed by atoms with E-state index in [-0.39, 0.29) is 18.9 Å². The SMILES string of the molecule is CCOC(C)n1cc(-c2ccc3nc(N[C@H]4CCOC[C@H]4F)nn3c2Cl)cn1. The Morgan fingerprint density at radius 2 is 2.32 bits per heavy atom. The van der Waals surface area contributed by atoms with Crippen molar-refractivity contribution in [1.29, 1.82) is 0 Å². The number of ether oxygens (including phenoxy) is 2. The molecule has 150 valence electrons. The molecule has 1 N–H and O–H groups in total. The molecule has 0 radical (unpaired) electrons. The third-order valence-corrected chi connectivity index (χ3v) is 5.10. The molecule has 0 bridgehead atoms. The predicted molar refractivity (Wildman–Crippen MR) is 103 cm³/mol. The van der Waals surface area contributed by atoms with Crippen molar-refractivity contribution in [2.24, 2.45) is 0 Å². The molecule has 4 rings (SSSR count). The van der Waals surface area contributed by atoms with Crippen molar-refractivity contribution in [3.8, 4) is 11.1 Å². The van der Waals surface area contributed by atoms with Gasteiger partial charge in [-0.1, -0.05) is 11.6 Å². The average Bonchev–Trinajstić information content (AvgIpc) is 3.32. The van der Waals surface area contributed by atoms with Crippen molar-refractivity contribution in [3.05, 3.63) is 29.7 Å². The molecule has 1 aliphatic heterocycles. The summed E-state index contributed by atoms with van der Waals surface area (Å²) in [5, 5.41) is 12.2. The molecule has 0 aliphatic carbocycles. The number of nitrogens with zero attached hydrogens (tertiary/aromatic N) is 5. The van der Waals surface area contributed by atoms with E-state index in [2.05, 4.69) is 20.5 Å². The summed E-state index contributed by atoms with van der Waals surface area (Å²) < 4.78 is 27.9. The van der Waals surface area contributed by atoms with E-state index in [1.807, 2.05) is 32.2 Å². The number of hydrogen-bond donors (Lipinski definition) is 1. The fraction of sp³-hybridized carbons (Fsp3) is 0.500. The highest BCUT2D eigenvalue weighted by molar-refractivity contribution is 6.32. The lowest BCUT2D eigenvalue weighted by molar-refractivity contribution is 0.0160. The molecule has 1 aliphatic rings. The van der Waals surface area contributed by atoms with Crippen LogP contribution in [0.25, 0.3) is 16.8 Å². The van der Waals surface area contributed by atoms with Crippen LogP contribution in [0.3, 0.4) is 0 Å². The monoisotopic (exact) mass is 408 g/mol. The van der Waals surface area contributed by atoms with Gasteiger partial charge in [-0.2, -0.15) is 14.6 Å². The Bertz CT molecular complexity index is 961. The van der Waals surface area contributed by atoms with Gasteiger partial charge in [-0.15, -0.1) is 5.10 Å². The largest absolute Gasteiger partial charge is 0.378 e. The van der Waals surface area contributed by atoms with Gasteiger partial charge in [-0.3, -0.25) is 0 Å². The lowest BCUT2D eigenvalue weighted by Crippen LogP contribution is -2.39. The van der Waals surface area contributed by atoms with Crippen LogP contribution in [0, 0.1) is 0 Å². The second kappa shape index (κ2) is 8.02. The van der Waals surface area contributed by atoms with E-state index in [0.717, 1.165) is 11.1 Å². The maximum Gasteiger partial charge on any atom is 0.243 e. The molecule has 4 heterocycles. The fourth-order valence-corrected chi connectivity index (χ4v) is 3.52. The summed E-state index contributed by atoms with van der Waals surface area (Å²) >= 11 is 6.58. The Morgan fingerprint density at radius 3 is 3.11 bits per heavy atom. The van der Waals surface area contributed by atoms with Crippen LogP contribution in [-0.4, -0.2) is 56.4 Å². The molecule has 1 unspecified atom stereocenters. The number of anilines is 1. The minimum atomic E-state index is -1.09. The Hall–Kier alpha value is -2.23. The molecule has 0 amide bonds. The summed E-state index contributed by atoms with van der Waals surface area (Å²) in [4.78, 5) is 4.40. The second-order valence-corrected chi connectivity index (χ2v) is 7.00. The lowest BCUT2D eigenvalue weighted by atomic mass is 10.1. The minimum absolute atomic E-state index is 0.0834. The Kier molecular flexibility index (Phi) is 5.47. The first-order valence-corrected chi connectivity index (χ1v) is 9.64. The minimum Gasteiger partial charge on any atom is -0.378 e. The van der Waals surface area contributed by atoms with Crippen LogP contribution in [0.15, 0.2) is 24.5 Å². The summed E-state index contributed by atoms with van der Waals surface area (Å²) in [6.45, 7) is 5.06. The van der Waals surface area contributed by atoms with Gasteiger partial charge < -0.3 is 14.8 Å². The molecule has 1 saturated heterocycles. The number of rotatable bonds is 6. The summed E-state index contributed by atoms with van der Waals surface area (Å²) in [6, 6.07) is 3.32. The molecule has 8 nitrogen and oxygen atoms in total. The molecular weight excluding hydrogens is 387 g/mol. The van der Waals surface area contributed by atoms with Crippen LogP contribution >= 0.6 is 11.6 Å². The smallest absolute Gasteiger partial charge is 0.243 e. The molecule has 1 fully saturated rings. The van der Waals surface area contributed by atoms with Gasteiger partial charge in [-0.05, 0) is 32.4 Å². The highest BCUT2D eigenvalue weighted by Crippen LogP contribution is 2.29. The number of halogens is 2. The van der Waals surface area contributed by atoms with E-state index in [0.29, 0.717) is 36.4 Å². The maximum absolute atomic E-state index is 14.0. The highest BCUT2D eigenvalue weighted by Gasteiger charge is 2.26. The number of hydrogen-bond acceptors (Lipinski definition) is 6. The van der Waals surface area contributed by atoms with Crippen LogP contribution < -0.4 is 5.32 Å². The number of pyridine rings is 1. The van der Waals surface area contributed by atoms with Crippen LogP contribution in [0.1, 0.15) is 26.5 Å². The quantitative estimate of drug-likeness (QED) is 0.630. The Labute approximate surface area is 166 Å². The third kappa shape index (κ3) is 3.69. The van der Waals surface area contributed by atoms with Crippen LogP contribution in [-0.2, 0) is 9.47 Å². The Morgan fingerprint density at radius 1 is 1.46 bits per heavy atom. The van der Waals surface area contributed by atoms with Gasteiger partial charge in [0.25, 0.3) is 0 Å². The van der Waals surface area contributed by atoms with Crippen LogP contribution in [0.4, 0.5) is 10.3 Å². The molecule has 0 spiro atoms. The van der Waals surface area contributed by atoms with Gasteiger partial charge in [0.05, 0.1) is 18.8 Å². The van der Waals surface area contributed by atoms with Gasteiger partial charge in [-0.25, -0.2) is 9.07 Å². The number of nitrogens with one attached hydrogen (secondary N) is 1.